The summed E-state index contributed by atoms with van der Waals surface area (Å²) in [6.07, 6.45) is 0.930. The van der Waals surface area contributed by atoms with Gasteiger partial charge in [0.15, 0.2) is 0 Å². The minimum Gasteiger partial charge on any atom is -0.306 e. The molecule has 0 bridgehead atoms. The molecule has 0 aromatic carbocycles. The summed E-state index contributed by atoms with van der Waals surface area (Å²) in [6, 6.07) is 0. The molecule has 1 aliphatic heterocycles. The van der Waals surface area contributed by atoms with Crippen LogP contribution in [0, 0.1) is 0 Å². The molecule has 1 rings (SSSR count). The molecule has 0 unspecified atom stereocenters. The predicted molar refractivity (Wildman–Crippen MR) is 62.3 cm³/mol. The average molecular weight is 306 g/mol. The van der Waals surface area contributed by atoms with E-state index >= 15 is 0 Å². The van der Waals surface area contributed by atoms with Crippen molar-refractivity contribution in [2.45, 2.75) is 6.42 Å². The second-order valence-electron chi connectivity index (χ2n) is 2.95. The van der Waals surface area contributed by atoms with E-state index in [0.717, 1.165) is 24.8 Å². The molecule has 84 valence electrons. The lowest BCUT2D eigenvalue weighted by atomic mass is 10.4. The van der Waals surface area contributed by atoms with E-state index in [-0.39, 0.29) is 0 Å². The van der Waals surface area contributed by atoms with Gasteiger partial charge in [0.1, 0.15) is 0 Å². The minimum absolute atomic E-state index is 0.440. The Morgan fingerprint density at radius 1 is 1.64 bits per heavy atom. The molecule has 0 amide bonds. The number of alkyl halides is 2. The highest BCUT2D eigenvalue weighted by molar-refractivity contribution is 9.09. The molecule has 4 nitrogen and oxygen atoms in total. The van der Waals surface area contributed by atoms with E-state index in [0.29, 0.717) is 19.0 Å². The Kier molecular flexibility index (Phi) is 5.97. The molecule has 1 heterocycles. The third kappa shape index (κ3) is 3.47. The van der Waals surface area contributed by atoms with Gasteiger partial charge in [0.05, 0.1) is 6.61 Å². The molecule has 0 aromatic rings. The minimum atomic E-state index is -2.79. The summed E-state index contributed by atoms with van der Waals surface area (Å²) in [4.78, 5) is 0. The van der Waals surface area contributed by atoms with Gasteiger partial charge in [-0.2, -0.15) is 0 Å². The molecule has 7 heteroatoms. The number of hydrogen-bond acceptors (Lipinski definition) is 2. The molecule has 1 aliphatic rings. The summed E-state index contributed by atoms with van der Waals surface area (Å²) >= 11 is 8.87. The van der Waals surface area contributed by atoms with Gasteiger partial charge in [-0.1, -0.05) is 15.9 Å². The zero-order chi connectivity index (χ0) is 10.4. The molecule has 14 heavy (non-hydrogen) atoms. The van der Waals surface area contributed by atoms with Crippen molar-refractivity contribution < 1.29 is 9.09 Å². The molecule has 1 N–H and O–H groups in total. The van der Waals surface area contributed by atoms with E-state index in [9.17, 15) is 4.57 Å². The van der Waals surface area contributed by atoms with Crippen LogP contribution in [0.3, 0.4) is 0 Å². The lowest BCUT2D eigenvalue weighted by Gasteiger charge is -2.34. The number of nitrogens with zero attached hydrogens (tertiary/aromatic N) is 1. The Morgan fingerprint density at radius 3 is 3.07 bits per heavy atom. The molecule has 1 saturated heterocycles. The maximum atomic E-state index is 12.2. The molecular formula is C7H15BrClN2O2P. The Hall–Kier alpha value is 0.880. The van der Waals surface area contributed by atoms with Crippen molar-refractivity contribution in [3.63, 3.8) is 0 Å². The van der Waals surface area contributed by atoms with Gasteiger partial charge in [-0.05, 0) is 6.42 Å². The lowest BCUT2D eigenvalue weighted by Crippen LogP contribution is -2.36. The maximum Gasteiger partial charge on any atom is 0.343 e. The largest absolute Gasteiger partial charge is 0.343 e. The Bertz CT molecular complexity index is 218. The van der Waals surface area contributed by atoms with Gasteiger partial charge in [-0.3, -0.25) is 4.57 Å². The van der Waals surface area contributed by atoms with E-state index in [1.807, 2.05) is 4.67 Å². The fraction of sp³-hybridized carbons (Fsp3) is 1.00. The third-order valence-electron chi connectivity index (χ3n) is 1.95. The first-order valence-electron chi connectivity index (χ1n) is 4.60. The summed E-state index contributed by atoms with van der Waals surface area (Å²) in [5, 5.41) is 3.68. The first-order chi connectivity index (χ1) is 6.73. The van der Waals surface area contributed by atoms with Crippen molar-refractivity contribution in [3.05, 3.63) is 0 Å². The Labute approximate surface area is 98.0 Å². The van der Waals surface area contributed by atoms with Crippen LogP contribution in [0.25, 0.3) is 0 Å². The van der Waals surface area contributed by atoms with Crippen molar-refractivity contribution in [2.24, 2.45) is 0 Å². The van der Waals surface area contributed by atoms with Crippen LogP contribution in [-0.4, -0.2) is 42.1 Å². The molecular weight excluding hydrogens is 290 g/mol. The van der Waals surface area contributed by atoms with Crippen LogP contribution in [0.15, 0.2) is 0 Å². The average Bonchev–Trinajstić information content (AvgIpc) is 2.19. The van der Waals surface area contributed by atoms with Crippen LogP contribution in [0.5, 0.6) is 0 Å². The fourth-order valence-electron chi connectivity index (χ4n) is 1.32. The van der Waals surface area contributed by atoms with Gasteiger partial charge in [-0.25, -0.2) is 9.76 Å². The van der Waals surface area contributed by atoms with E-state index < -0.39 is 7.67 Å². The first-order valence-corrected chi connectivity index (χ1v) is 7.83. The van der Waals surface area contributed by atoms with E-state index in [4.69, 9.17) is 16.1 Å². The van der Waals surface area contributed by atoms with Gasteiger partial charge in [-0.15, -0.1) is 11.6 Å². The molecule has 1 atom stereocenters. The number of rotatable bonds is 5. The zero-order valence-corrected chi connectivity index (χ0v) is 11.2. The zero-order valence-electron chi connectivity index (χ0n) is 7.92. The van der Waals surface area contributed by atoms with Gasteiger partial charge in [0.2, 0.25) is 0 Å². The van der Waals surface area contributed by atoms with Crippen LogP contribution in [-0.2, 0) is 9.09 Å². The molecule has 0 radical (unpaired) electrons. The maximum absolute atomic E-state index is 12.2. The van der Waals surface area contributed by atoms with Gasteiger partial charge in [0, 0.05) is 30.8 Å². The summed E-state index contributed by atoms with van der Waals surface area (Å²) in [6.45, 7) is 2.62. The highest BCUT2D eigenvalue weighted by atomic mass is 79.9. The summed E-state index contributed by atoms with van der Waals surface area (Å²) in [5.74, 6) is 0.440. The van der Waals surface area contributed by atoms with Crippen LogP contribution in [0.4, 0.5) is 0 Å². The van der Waals surface area contributed by atoms with E-state index in [2.05, 4.69) is 21.0 Å². The van der Waals surface area contributed by atoms with Gasteiger partial charge >= 0.3 is 7.67 Å². The second-order valence-corrected chi connectivity index (χ2v) is 6.30. The third-order valence-corrected chi connectivity index (χ3v) is 4.79. The van der Waals surface area contributed by atoms with Crippen LogP contribution >= 0.6 is 35.2 Å². The summed E-state index contributed by atoms with van der Waals surface area (Å²) in [5.41, 5.74) is 0. The number of hydrogen-bond donors (Lipinski definition) is 1. The van der Waals surface area contributed by atoms with Crippen molar-refractivity contribution in [3.8, 4) is 0 Å². The normalized spacial score (nSPS) is 29.3. The van der Waals surface area contributed by atoms with E-state index in [1.54, 1.807) is 0 Å². The highest BCUT2D eigenvalue weighted by Crippen LogP contribution is 2.48. The fourth-order valence-corrected chi connectivity index (χ4v) is 4.24. The van der Waals surface area contributed by atoms with Crippen molar-refractivity contribution in [1.82, 2.24) is 9.76 Å². The van der Waals surface area contributed by atoms with Crippen molar-refractivity contribution in [2.75, 3.05) is 37.5 Å². The van der Waals surface area contributed by atoms with Crippen molar-refractivity contribution >= 4 is 35.2 Å². The van der Waals surface area contributed by atoms with Gasteiger partial charge < -0.3 is 4.52 Å². The number of nitrogens with one attached hydrogen (secondary N) is 1. The SMILES string of the molecule is O=[P@@]1(NCCCl)OCCCN1CCBr. The van der Waals surface area contributed by atoms with Crippen LogP contribution in [0.1, 0.15) is 6.42 Å². The summed E-state index contributed by atoms with van der Waals surface area (Å²) in [7, 11) is -2.79. The second kappa shape index (κ2) is 6.46. The summed E-state index contributed by atoms with van der Waals surface area (Å²) < 4.78 is 19.4. The monoisotopic (exact) mass is 304 g/mol. The first kappa shape index (κ1) is 12.9. The standard InChI is InChI=1S/C7H15BrClN2O2P/c8-2-6-11-5-1-7-13-14(11,12)10-4-3-9/h1-7H2,(H,10,12)/t14-/m0/s1. The Balaban J connectivity index is 2.55. The predicted octanol–water partition coefficient (Wildman–Crippen LogP) is 2.04. The smallest absolute Gasteiger partial charge is 0.306 e. The van der Waals surface area contributed by atoms with E-state index in [1.165, 1.54) is 0 Å². The van der Waals surface area contributed by atoms with Crippen molar-refractivity contribution in [1.29, 1.82) is 0 Å². The number of halogens is 2. The topological polar surface area (TPSA) is 41.6 Å². The molecule has 0 spiro atoms. The van der Waals surface area contributed by atoms with Crippen LogP contribution in [0.2, 0.25) is 0 Å². The molecule has 0 aromatic heterocycles. The van der Waals surface area contributed by atoms with Crippen LogP contribution < -0.4 is 5.09 Å². The molecule has 0 saturated carbocycles. The Morgan fingerprint density at radius 2 is 2.43 bits per heavy atom. The quantitative estimate of drug-likeness (QED) is 0.623. The highest BCUT2D eigenvalue weighted by Gasteiger charge is 2.33. The van der Waals surface area contributed by atoms with Gasteiger partial charge in [0.25, 0.3) is 0 Å². The molecule has 1 fully saturated rings. The molecule has 0 aliphatic carbocycles. The lowest BCUT2D eigenvalue weighted by molar-refractivity contribution is 0.204.